The molecule has 1 aliphatic rings. The van der Waals surface area contributed by atoms with Gasteiger partial charge in [-0.15, -0.1) is 0 Å². The standard InChI is InChI=1S/C14H19BrN2O3/c1-3-16-12-8-20-7-10(12)14(18)17-11-6-9(15)4-5-13(11)19-2/h4-6,10,12,16H,3,7-8H2,1-2H3,(H,17,18). The Morgan fingerprint density at radius 1 is 1.50 bits per heavy atom. The Hall–Kier alpha value is -1.11. The highest BCUT2D eigenvalue weighted by Crippen LogP contribution is 2.29. The van der Waals surface area contributed by atoms with Gasteiger partial charge in [0, 0.05) is 10.5 Å². The van der Waals surface area contributed by atoms with Crippen LogP contribution < -0.4 is 15.4 Å². The molecule has 1 heterocycles. The average molecular weight is 343 g/mol. The highest BCUT2D eigenvalue weighted by Gasteiger charge is 2.33. The van der Waals surface area contributed by atoms with Gasteiger partial charge in [-0.1, -0.05) is 22.9 Å². The summed E-state index contributed by atoms with van der Waals surface area (Å²) >= 11 is 3.39. The lowest BCUT2D eigenvalue weighted by atomic mass is 10.0. The monoisotopic (exact) mass is 342 g/mol. The molecule has 2 atom stereocenters. The third-order valence-electron chi connectivity index (χ3n) is 3.30. The molecule has 110 valence electrons. The molecule has 0 radical (unpaired) electrons. The molecule has 2 N–H and O–H groups in total. The average Bonchev–Trinajstić information content (AvgIpc) is 2.88. The second-order valence-electron chi connectivity index (χ2n) is 4.64. The molecule has 2 unspecified atom stereocenters. The molecule has 1 fully saturated rings. The van der Waals surface area contributed by atoms with Gasteiger partial charge in [0.2, 0.25) is 5.91 Å². The number of hydrogen-bond donors (Lipinski definition) is 2. The number of benzene rings is 1. The van der Waals surface area contributed by atoms with Crippen LogP contribution in [0.15, 0.2) is 22.7 Å². The van der Waals surface area contributed by atoms with Gasteiger partial charge in [0.15, 0.2) is 0 Å². The van der Waals surface area contributed by atoms with Crippen LogP contribution in [0, 0.1) is 5.92 Å². The highest BCUT2D eigenvalue weighted by molar-refractivity contribution is 9.10. The van der Waals surface area contributed by atoms with E-state index >= 15 is 0 Å². The topological polar surface area (TPSA) is 59.6 Å². The summed E-state index contributed by atoms with van der Waals surface area (Å²) in [7, 11) is 1.58. The molecule has 20 heavy (non-hydrogen) atoms. The Bertz CT molecular complexity index is 481. The summed E-state index contributed by atoms with van der Waals surface area (Å²) in [5.74, 6) is 0.406. The number of likely N-dealkylation sites (N-methyl/N-ethyl adjacent to an activating group) is 1. The zero-order valence-corrected chi connectivity index (χ0v) is 13.2. The minimum atomic E-state index is -0.182. The van der Waals surface area contributed by atoms with Crippen LogP contribution in [-0.4, -0.2) is 38.8 Å². The van der Waals surface area contributed by atoms with Crippen LogP contribution in [0.1, 0.15) is 6.92 Å². The lowest BCUT2D eigenvalue weighted by Crippen LogP contribution is -2.41. The first-order chi connectivity index (χ1) is 9.65. The first-order valence-corrected chi connectivity index (χ1v) is 7.40. The van der Waals surface area contributed by atoms with Crippen LogP contribution in [0.4, 0.5) is 5.69 Å². The van der Waals surface area contributed by atoms with Crippen molar-refractivity contribution in [2.75, 3.05) is 32.2 Å². The third-order valence-corrected chi connectivity index (χ3v) is 3.80. The van der Waals surface area contributed by atoms with E-state index in [2.05, 4.69) is 26.6 Å². The fourth-order valence-corrected chi connectivity index (χ4v) is 2.64. The fourth-order valence-electron chi connectivity index (χ4n) is 2.28. The van der Waals surface area contributed by atoms with Crippen molar-refractivity contribution in [2.45, 2.75) is 13.0 Å². The number of methoxy groups -OCH3 is 1. The van der Waals surface area contributed by atoms with Crippen LogP contribution in [0.3, 0.4) is 0 Å². The number of ether oxygens (including phenoxy) is 2. The molecule has 5 nitrogen and oxygen atoms in total. The number of carbonyl (C=O) groups excluding carboxylic acids is 1. The molecule has 1 aliphatic heterocycles. The molecule has 1 amide bonds. The van der Waals surface area contributed by atoms with Gasteiger partial charge < -0.3 is 20.1 Å². The molecule has 1 aromatic rings. The van der Waals surface area contributed by atoms with Gasteiger partial charge >= 0.3 is 0 Å². The molecule has 0 saturated carbocycles. The van der Waals surface area contributed by atoms with Crippen molar-refractivity contribution >= 4 is 27.5 Å². The maximum Gasteiger partial charge on any atom is 0.231 e. The van der Waals surface area contributed by atoms with E-state index in [1.54, 1.807) is 7.11 Å². The second kappa shape index (κ2) is 7.06. The quantitative estimate of drug-likeness (QED) is 0.859. The fraction of sp³-hybridized carbons (Fsp3) is 0.500. The van der Waals surface area contributed by atoms with Crippen molar-refractivity contribution in [2.24, 2.45) is 5.92 Å². The van der Waals surface area contributed by atoms with Gasteiger partial charge in [-0.3, -0.25) is 4.79 Å². The minimum absolute atomic E-state index is 0.0511. The summed E-state index contributed by atoms with van der Waals surface area (Å²) in [5, 5.41) is 6.19. The Labute approximate surface area is 127 Å². The predicted molar refractivity (Wildman–Crippen MR) is 81.1 cm³/mol. The van der Waals surface area contributed by atoms with E-state index in [9.17, 15) is 4.79 Å². The zero-order chi connectivity index (χ0) is 14.5. The predicted octanol–water partition coefficient (Wildman–Crippen LogP) is 2.02. The lowest BCUT2D eigenvalue weighted by Gasteiger charge is -2.18. The number of halogens is 1. The molecule has 0 spiro atoms. The maximum absolute atomic E-state index is 12.4. The zero-order valence-electron chi connectivity index (χ0n) is 11.6. The summed E-state index contributed by atoms with van der Waals surface area (Å²) in [6, 6.07) is 5.58. The van der Waals surface area contributed by atoms with Crippen molar-refractivity contribution in [3.63, 3.8) is 0 Å². The van der Waals surface area contributed by atoms with Crippen LogP contribution in [0.2, 0.25) is 0 Å². The lowest BCUT2D eigenvalue weighted by molar-refractivity contribution is -0.120. The van der Waals surface area contributed by atoms with Crippen LogP contribution in [-0.2, 0) is 9.53 Å². The minimum Gasteiger partial charge on any atom is -0.495 e. The number of carbonyl (C=O) groups is 1. The highest BCUT2D eigenvalue weighted by atomic mass is 79.9. The number of rotatable bonds is 5. The van der Waals surface area contributed by atoms with Crippen molar-refractivity contribution in [1.82, 2.24) is 5.32 Å². The first-order valence-electron chi connectivity index (χ1n) is 6.61. The molecule has 0 bridgehead atoms. The van der Waals surface area contributed by atoms with Crippen molar-refractivity contribution < 1.29 is 14.3 Å². The van der Waals surface area contributed by atoms with E-state index < -0.39 is 0 Å². The Kier molecular flexibility index (Phi) is 5.39. The molecule has 0 aromatic heterocycles. The van der Waals surface area contributed by atoms with Crippen LogP contribution >= 0.6 is 15.9 Å². The van der Waals surface area contributed by atoms with Crippen molar-refractivity contribution in [3.05, 3.63) is 22.7 Å². The van der Waals surface area contributed by atoms with Gasteiger partial charge in [-0.2, -0.15) is 0 Å². The maximum atomic E-state index is 12.4. The van der Waals surface area contributed by atoms with Crippen molar-refractivity contribution in [3.8, 4) is 5.75 Å². The Morgan fingerprint density at radius 3 is 3.00 bits per heavy atom. The van der Waals surface area contributed by atoms with E-state index in [-0.39, 0.29) is 17.9 Å². The molecule has 1 saturated heterocycles. The summed E-state index contributed by atoms with van der Waals surface area (Å²) in [4.78, 5) is 12.4. The molecule has 0 aliphatic carbocycles. The molecule has 1 aromatic carbocycles. The molecular formula is C14H19BrN2O3. The van der Waals surface area contributed by atoms with Crippen molar-refractivity contribution in [1.29, 1.82) is 0 Å². The summed E-state index contributed by atoms with van der Waals surface area (Å²) in [6.07, 6.45) is 0. The smallest absolute Gasteiger partial charge is 0.231 e. The number of hydrogen-bond acceptors (Lipinski definition) is 4. The van der Waals surface area contributed by atoms with Crippen LogP contribution in [0.25, 0.3) is 0 Å². The SMILES string of the molecule is CCNC1COCC1C(=O)Nc1cc(Br)ccc1OC. The van der Waals surface area contributed by atoms with E-state index in [1.165, 1.54) is 0 Å². The van der Waals surface area contributed by atoms with E-state index in [4.69, 9.17) is 9.47 Å². The number of amides is 1. The number of anilines is 1. The summed E-state index contributed by atoms with van der Waals surface area (Å²) in [5.41, 5.74) is 0.661. The van der Waals surface area contributed by atoms with Crippen LogP contribution in [0.5, 0.6) is 5.75 Å². The van der Waals surface area contributed by atoms with E-state index in [1.807, 2.05) is 25.1 Å². The largest absolute Gasteiger partial charge is 0.495 e. The van der Waals surface area contributed by atoms with Gasteiger partial charge in [0.25, 0.3) is 0 Å². The van der Waals surface area contributed by atoms with Gasteiger partial charge in [-0.25, -0.2) is 0 Å². The molecule has 6 heteroatoms. The normalized spacial score (nSPS) is 21.8. The Morgan fingerprint density at radius 2 is 2.30 bits per heavy atom. The summed E-state index contributed by atoms with van der Waals surface area (Å²) < 4.78 is 11.5. The second-order valence-corrected chi connectivity index (χ2v) is 5.56. The van der Waals surface area contributed by atoms with Gasteiger partial charge in [0.05, 0.1) is 31.9 Å². The van der Waals surface area contributed by atoms with E-state index in [0.29, 0.717) is 24.7 Å². The first kappa shape index (κ1) is 15.3. The number of nitrogens with one attached hydrogen (secondary N) is 2. The van der Waals surface area contributed by atoms with Gasteiger partial charge in [0.1, 0.15) is 5.75 Å². The Balaban J connectivity index is 2.09. The summed E-state index contributed by atoms with van der Waals surface area (Å²) in [6.45, 7) is 3.85. The molecule has 2 rings (SSSR count). The van der Waals surface area contributed by atoms with E-state index in [0.717, 1.165) is 11.0 Å². The molecular weight excluding hydrogens is 324 g/mol. The third kappa shape index (κ3) is 3.50. The van der Waals surface area contributed by atoms with Gasteiger partial charge in [-0.05, 0) is 24.7 Å².